The van der Waals surface area contributed by atoms with Crippen molar-refractivity contribution >= 4 is 11.9 Å². The van der Waals surface area contributed by atoms with Gasteiger partial charge in [-0.25, -0.2) is 0 Å². The largest absolute Gasteiger partial charge is 0.481 e. The van der Waals surface area contributed by atoms with Crippen molar-refractivity contribution in [1.82, 2.24) is 4.90 Å². The number of nitrogens with zero attached hydrogens (tertiary/aromatic N) is 1. The molecule has 0 unspecified atom stereocenters. The van der Waals surface area contributed by atoms with Crippen molar-refractivity contribution in [1.29, 1.82) is 0 Å². The summed E-state index contributed by atoms with van der Waals surface area (Å²) in [4.78, 5) is 26.0. The maximum Gasteiger partial charge on any atom is 0.310 e. The van der Waals surface area contributed by atoms with Crippen LogP contribution in [-0.2, 0) is 23.8 Å². The fraction of sp³-hybridized carbons (Fsp3) is 0.733. The summed E-state index contributed by atoms with van der Waals surface area (Å²) in [6, 6.07) is 0. The Morgan fingerprint density at radius 1 is 1.05 bits per heavy atom. The molecule has 4 aliphatic rings. The van der Waals surface area contributed by atoms with Crippen molar-refractivity contribution in [2.45, 2.75) is 30.8 Å². The summed E-state index contributed by atoms with van der Waals surface area (Å²) in [6.07, 6.45) is 3.93. The van der Waals surface area contributed by atoms with Gasteiger partial charge in [-0.1, -0.05) is 12.2 Å². The molecule has 22 heavy (non-hydrogen) atoms. The average Bonchev–Trinajstić information content (AvgIpc) is 3.22. The molecule has 1 N–H and O–H groups in total. The number of aliphatic carboxylic acids is 1. The third-order valence-electron chi connectivity index (χ3n) is 5.12. The van der Waals surface area contributed by atoms with E-state index < -0.39 is 35.8 Å². The summed E-state index contributed by atoms with van der Waals surface area (Å²) in [7, 11) is 0. The molecule has 0 saturated carbocycles. The third-order valence-corrected chi connectivity index (χ3v) is 5.12. The van der Waals surface area contributed by atoms with Gasteiger partial charge in [-0.2, -0.15) is 0 Å². The number of fused-ring (bicyclic) bond motifs is 2. The van der Waals surface area contributed by atoms with Crippen LogP contribution in [0.5, 0.6) is 0 Å². The molecule has 0 aromatic carbocycles. The van der Waals surface area contributed by atoms with Gasteiger partial charge in [0.15, 0.2) is 5.79 Å². The lowest BCUT2D eigenvalue weighted by Crippen LogP contribution is -2.51. The first-order chi connectivity index (χ1) is 10.6. The number of hydrogen-bond acceptors (Lipinski definition) is 5. The molecular formula is C15H19NO6. The first-order valence-electron chi connectivity index (χ1n) is 7.73. The minimum Gasteiger partial charge on any atom is -0.481 e. The van der Waals surface area contributed by atoms with E-state index in [1.165, 1.54) is 0 Å². The van der Waals surface area contributed by atoms with Crippen LogP contribution in [0.15, 0.2) is 12.2 Å². The van der Waals surface area contributed by atoms with Crippen molar-refractivity contribution in [3.05, 3.63) is 12.2 Å². The minimum atomic E-state index is -0.967. The van der Waals surface area contributed by atoms with Crippen molar-refractivity contribution in [2.75, 3.05) is 26.3 Å². The topological polar surface area (TPSA) is 85.3 Å². The SMILES string of the molecule is O=C(O)[C@H]1[C@H](C(=O)N2CCC3(CC2)OCCO3)[C@H]2C=C[C@H]1O2. The molecule has 3 saturated heterocycles. The summed E-state index contributed by atoms with van der Waals surface area (Å²) in [5.41, 5.74) is 0. The lowest BCUT2D eigenvalue weighted by atomic mass is 9.81. The summed E-state index contributed by atoms with van der Waals surface area (Å²) >= 11 is 0. The quantitative estimate of drug-likeness (QED) is 0.723. The lowest BCUT2D eigenvalue weighted by Gasteiger charge is -2.39. The average molecular weight is 309 g/mol. The molecule has 0 aromatic heterocycles. The van der Waals surface area contributed by atoms with E-state index in [9.17, 15) is 14.7 Å². The van der Waals surface area contributed by atoms with E-state index in [0.29, 0.717) is 39.1 Å². The minimum absolute atomic E-state index is 0.128. The number of carboxylic acids is 1. The monoisotopic (exact) mass is 309 g/mol. The highest BCUT2D eigenvalue weighted by Gasteiger charge is 2.54. The van der Waals surface area contributed by atoms with Gasteiger partial charge < -0.3 is 24.2 Å². The molecular weight excluding hydrogens is 290 g/mol. The summed E-state index contributed by atoms with van der Waals surface area (Å²) in [5.74, 6) is -3.03. The van der Waals surface area contributed by atoms with Crippen molar-refractivity contribution in [3.8, 4) is 0 Å². The number of carbonyl (C=O) groups is 2. The van der Waals surface area contributed by atoms with Gasteiger partial charge in [-0.05, 0) is 0 Å². The molecule has 7 heteroatoms. The molecule has 4 rings (SSSR count). The van der Waals surface area contributed by atoms with E-state index >= 15 is 0 Å². The van der Waals surface area contributed by atoms with Gasteiger partial charge in [-0.15, -0.1) is 0 Å². The Bertz CT molecular complexity index is 516. The van der Waals surface area contributed by atoms with Gasteiger partial charge in [0.1, 0.15) is 5.92 Å². The zero-order chi connectivity index (χ0) is 15.3. The first-order valence-corrected chi connectivity index (χ1v) is 7.73. The molecule has 120 valence electrons. The Labute approximate surface area is 127 Å². The van der Waals surface area contributed by atoms with E-state index in [0.717, 1.165) is 0 Å². The van der Waals surface area contributed by atoms with E-state index in [-0.39, 0.29) is 5.91 Å². The second kappa shape index (κ2) is 5.04. The standard InChI is InChI=1S/C15H19NO6/c17-13(11-9-1-2-10(22-9)12(11)14(18)19)16-5-3-15(4-6-16)20-7-8-21-15/h1-2,9-12H,3-8H2,(H,18,19)/t9-,10-,11-,12-/m1/s1. The van der Waals surface area contributed by atoms with Gasteiger partial charge in [-0.3, -0.25) is 9.59 Å². The highest BCUT2D eigenvalue weighted by Crippen LogP contribution is 2.41. The van der Waals surface area contributed by atoms with Gasteiger partial charge in [0.05, 0.1) is 31.3 Å². The molecule has 4 heterocycles. The van der Waals surface area contributed by atoms with Crippen molar-refractivity contribution in [2.24, 2.45) is 11.8 Å². The molecule has 4 aliphatic heterocycles. The number of likely N-dealkylation sites (tertiary alicyclic amines) is 1. The normalized spacial score (nSPS) is 38.8. The van der Waals surface area contributed by atoms with Crippen LogP contribution in [0, 0.1) is 11.8 Å². The Kier molecular flexibility index (Phi) is 3.25. The van der Waals surface area contributed by atoms with Gasteiger partial charge in [0, 0.05) is 25.9 Å². The molecule has 0 aliphatic carbocycles. The number of carbonyl (C=O) groups excluding carboxylic acids is 1. The molecule has 1 amide bonds. The van der Waals surface area contributed by atoms with Crippen LogP contribution in [0.1, 0.15) is 12.8 Å². The number of amides is 1. The number of carboxylic acid groups (broad SMARTS) is 1. The second-order valence-electron chi connectivity index (χ2n) is 6.27. The van der Waals surface area contributed by atoms with Gasteiger partial charge in [0.25, 0.3) is 0 Å². The zero-order valence-electron chi connectivity index (χ0n) is 12.1. The fourth-order valence-corrected chi connectivity index (χ4v) is 3.96. The molecule has 3 fully saturated rings. The highest BCUT2D eigenvalue weighted by atomic mass is 16.7. The number of ether oxygens (including phenoxy) is 3. The van der Waals surface area contributed by atoms with Crippen LogP contribution < -0.4 is 0 Å². The van der Waals surface area contributed by atoms with Crippen LogP contribution in [0.3, 0.4) is 0 Å². The van der Waals surface area contributed by atoms with Crippen LogP contribution in [0.2, 0.25) is 0 Å². The van der Waals surface area contributed by atoms with Gasteiger partial charge in [0.2, 0.25) is 5.91 Å². The first kappa shape index (κ1) is 14.2. The lowest BCUT2D eigenvalue weighted by molar-refractivity contribution is -0.189. The maximum absolute atomic E-state index is 12.8. The van der Waals surface area contributed by atoms with Crippen LogP contribution in [0.4, 0.5) is 0 Å². The Balaban J connectivity index is 1.46. The Morgan fingerprint density at radius 2 is 1.64 bits per heavy atom. The smallest absolute Gasteiger partial charge is 0.310 e. The van der Waals surface area contributed by atoms with Crippen LogP contribution in [-0.4, -0.2) is 66.2 Å². The zero-order valence-corrected chi connectivity index (χ0v) is 12.1. The number of rotatable bonds is 2. The third kappa shape index (κ3) is 2.07. The Morgan fingerprint density at radius 3 is 2.23 bits per heavy atom. The van der Waals surface area contributed by atoms with Crippen molar-refractivity contribution < 1.29 is 28.9 Å². The fourth-order valence-electron chi connectivity index (χ4n) is 3.96. The van der Waals surface area contributed by atoms with E-state index in [1.807, 2.05) is 0 Å². The molecule has 4 atom stereocenters. The molecule has 0 aromatic rings. The molecule has 1 spiro atoms. The molecule has 2 bridgehead atoms. The predicted octanol–water partition coefficient (Wildman–Crippen LogP) is 0.00610. The summed E-state index contributed by atoms with van der Waals surface area (Å²) in [6.45, 7) is 2.26. The van der Waals surface area contributed by atoms with E-state index in [1.54, 1.807) is 17.1 Å². The second-order valence-corrected chi connectivity index (χ2v) is 6.27. The highest BCUT2D eigenvalue weighted by molar-refractivity contribution is 5.87. The number of hydrogen-bond donors (Lipinski definition) is 1. The van der Waals surface area contributed by atoms with Crippen molar-refractivity contribution in [3.63, 3.8) is 0 Å². The van der Waals surface area contributed by atoms with Crippen LogP contribution in [0.25, 0.3) is 0 Å². The summed E-state index contributed by atoms with van der Waals surface area (Å²) in [5, 5.41) is 9.40. The molecule has 0 radical (unpaired) electrons. The van der Waals surface area contributed by atoms with E-state index in [4.69, 9.17) is 14.2 Å². The van der Waals surface area contributed by atoms with E-state index in [2.05, 4.69) is 0 Å². The van der Waals surface area contributed by atoms with Gasteiger partial charge >= 0.3 is 5.97 Å². The summed E-state index contributed by atoms with van der Waals surface area (Å²) < 4.78 is 16.9. The number of piperidine rings is 1. The predicted molar refractivity (Wildman–Crippen MR) is 72.9 cm³/mol. The molecule has 7 nitrogen and oxygen atoms in total. The van der Waals surface area contributed by atoms with Crippen LogP contribution >= 0.6 is 0 Å². The Hall–Kier alpha value is -1.44. The maximum atomic E-state index is 12.8.